The van der Waals surface area contributed by atoms with Gasteiger partial charge in [-0.1, -0.05) is 30.0 Å². The van der Waals surface area contributed by atoms with E-state index >= 15 is 0 Å². The first-order chi connectivity index (χ1) is 9.72. The van der Waals surface area contributed by atoms with Crippen molar-refractivity contribution in [2.75, 3.05) is 6.54 Å². The average Bonchev–Trinajstić information content (AvgIpc) is 3.09. The summed E-state index contributed by atoms with van der Waals surface area (Å²) in [6.07, 6.45) is 2.27. The van der Waals surface area contributed by atoms with Gasteiger partial charge >= 0.3 is 0 Å². The zero-order chi connectivity index (χ0) is 13.9. The van der Waals surface area contributed by atoms with E-state index in [-0.39, 0.29) is 6.04 Å². The van der Waals surface area contributed by atoms with Crippen LogP contribution in [0.2, 0.25) is 0 Å². The van der Waals surface area contributed by atoms with E-state index in [4.69, 9.17) is 4.42 Å². The van der Waals surface area contributed by atoms with Gasteiger partial charge in [-0.25, -0.2) is 0 Å². The molecule has 1 aliphatic heterocycles. The first-order valence-electron chi connectivity index (χ1n) is 6.98. The highest BCUT2D eigenvalue weighted by Crippen LogP contribution is 2.27. The molecule has 4 nitrogen and oxygen atoms in total. The third kappa shape index (κ3) is 3.04. The molecule has 0 aliphatic carbocycles. The van der Waals surface area contributed by atoms with E-state index in [1.807, 2.05) is 0 Å². The van der Waals surface area contributed by atoms with Gasteiger partial charge in [0.25, 0.3) is 5.22 Å². The second kappa shape index (κ2) is 5.97. The number of nitrogens with one attached hydrogen (secondary N) is 1. The molecule has 1 saturated heterocycles. The third-order valence-electron chi connectivity index (χ3n) is 3.71. The van der Waals surface area contributed by atoms with Gasteiger partial charge < -0.3 is 9.73 Å². The van der Waals surface area contributed by atoms with Gasteiger partial charge in [-0.3, -0.25) is 0 Å². The highest BCUT2D eigenvalue weighted by Gasteiger charge is 2.22. The van der Waals surface area contributed by atoms with Crippen molar-refractivity contribution in [2.45, 2.75) is 43.7 Å². The molecule has 0 spiro atoms. The zero-order valence-corrected chi connectivity index (χ0v) is 12.7. The van der Waals surface area contributed by atoms with Crippen LogP contribution in [0.3, 0.4) is 0 Å². The van der Waals surface area contributed by atoms with Crippen molar-refractivity contribution in [1.29, 1.82) is 0 Å². The number of thioether (sulfide) groups is 1. The van der Waals surface area contributed by atoms with Crippen LogP contribution in [0.25, 0.3) is 0 Å². The first-order valence-corrected chi connectivity index (χ1v) is 7.96. The molecule has 1 atom stereocenters. The van der Waals surface area contributed by atoms with E-state index < -0.39 is 0 Å². The molecular formula is C15H19N3OS. The van der Waals surface area contributed by atoms with Gasteiger partial charge in [-0.15, -0.1) is 10.2 Å². The van der Waals surface area contributed by atoms with Crippen LogP contribution < -0.4 is 5.32 Å². The molecule has 5 heteroatoms. The Bertz CT molecular complexity index is 591. The van der Waals surface area contributed by atoms with E-state index in [9.17, 15) is 0 Å². The normalized spacial score (nSPS) is 18.6. The maximum absolute atomic E-state index is 5.72. The maximum atomic E-state index is 5.72. The van der Waals surface area contributed by atoms with Gasteiger partial charge in [0, 0.05) is 5.75 Å². The zero-order valence-electron chi connectivity index (χ0n) is 11.8. The molecule has 106 valence electrons. The summed E-state index contributed by atoms with van der Waals surface area (Å²) in [5.41, 5.74) is 3.94. The quantitative estimate of drug-likeness (QED) is 0.874. The molecule has 1 fully saturated rings. The van der Waals surface area contributed by atoms with E-state index in [2.05, 4.69) is 47.6 Å². The van der Waals surface area contributed by atoms with Crippen LogP contribution in [0, 0.1) is 13.8 Å². The number of rotatable bonds is 4. The van der Waals surface area contributed by atoms with Crippen molar-refractivity contribution < 1.29 is 4.42 Å². The van der Waals surface area contributed by atoms with Crippen LogP contribution in [0.5, 0.6) is 0 Å². The molecule has 1 aromatic carbocycles. The number of benzene rings is 1. The largest absolute Gasteiger partial charge is 0.414 e. The standard InChI is InChI=1S/C15H19N3OS/c1-10-5-6-12(8-11(10)2)9-20-15-18-17-14(19-15)13-4-3-7-16-13/h5-6,8,13,16H,3-4,7,9H2,1-2H3. The molecule has 1 N–H and O–H groups in total. The lowest BCUT2D eigenvalue weighted by atomic mass is 10.1. The molecule has 2 aromatic rings. The topological polar surface area (TPSA) is 51.0 Å². The number of aromatic nitrogens is 2. The van der Waals surface area contributed by atoms with Gasteiger partial charge in [-0.05, 0) is 49.9 Å². The lowest BCUT2D eigenvalue weighted by molar-refractivity contribution is 0.374. The SMILES string of the molecule is Cc1ccc(CSc2nnc(C3CCCN3)o2)cc1C. The fourth-order valence-electron chi connectivity index (χ4n) is 2.35. The minimum atomic E-state index is 0.249. The van der Waals surface area contributed by atoms with E-state index in [0.717, 1.165) is 24.6 Å². The fourth-order valence-corrected chi connectivity index (χ4v) is 3.07. The Hall–Kier alpha value is -1.33. The minimum Gasteiger partial charge on any atom is -0.414 e. The Labute approximate surface area is 123 Å². The molecule has 0 radical (unpaired) electrons. The lowest BCUT2D eigenvalue weighted by Gasteiger charge is -2.04. The van der Waals surface area contributed by atoms with Crippen molar-refractivity contribution in [2.24, 2.45) is 0 Å². The first kappa shape index (κ1) is 13.6. The average molecular weight is 289 g/mol. The van der Waals surface area contributed by atoms with Crippen LogP contribution in [0.4, 0.5) is 0 Å². The number of hydrogen-bond donors (Lipinski definition) is 1. The second-order valence-electron chi connectivity index (χ2n) is 5.26. The molecule has 1 aliphatic rings. The highest BCUT2D eigenvalue weighted by atomic mass is 32.2. The van der Waals surface area contributed by atoms with Crippen LogP contribution in [0.1, 0.15) is 41.5 Å². The number of aryl methyl sites for hydroxylation is 2. The van der Waals surface area contributed by atoms with Gasteiger partial charge in [0.2, 0.25) is 5.89 Å². The molecule has 0 saturated carbocycles. The van der Waals surface area contributed by atoms with Crippen molar-refractivity contribution in [1.82, 2.24) is 15.5 Å². The Kier molecular flexibility index (Phi) is 4.08. The summed E-state index contributed by atoms with van der Waals surface area (Å²) in [7, 11) is 0. The third-order valence-corrected chi connectivity index (χ3v) is 4.60. The van der Waals surface area contributed by atoms with Crippen LogP contribution in [-0.4, -0.2) is 16.7 Å². The molecule has 0 amide bonds. The molecular weight excluding hydrogens is 270 g/mol. The van der Waals surface area contributed by atoms with E-state index in [1.165, 1.54) is 23.1 Å². The summed E-state index contributed by atoms with van der Waals surface area (Å²) >= 11 is 1.60. The Morgan fingerprint density at radius 2 is 2.20 bits per heavy atom. The van der Waals surface area contributed by atoms with Crippen LogP contribution >= 0.6 is 11.8 Å². The minimum absolute atomic E-state index is 0.249. The molecule has 2 heterocycles. The van der Waals surface area contributed by atoms with Gasteiger partial charge in [0.1, 0.15) is 0 Å². The summed E-state index contributed by atoms with van der Waals surface area (Å²) < 4.78 is 5.72. The predicted octanol–water partition coefficient (Wildman–Crippen LogP) is 3.40. The smallest absolute Gasteiger partial charge is 0.276 e. The Morgan fingerprint density at radius 3 is 2.95 bits per heavy atom. The molecule has 20 heavy (non-hydrogen) atoms. The highest BCUT2D eigenvalue weighted by molar-refractivity contribution is 7.98. The molecule has 1 unspecified atom stereocenters. The Morgan fingerprint density at radius 1 is 1.30 bits per heavy atom. The van der Waals surface area contributed by atoms with Crippen molar-refractivity contribution >= 4 is 11.8 Å². The number of nitrogens with zero attached hydrogens (tertiary/aromatic N) is 2. The summed E-state index contributed by atoms with van der Waals surface area (Å²) in [5.74, 6) is 1.59. The van der Waals surface area contributed by atoms with Gasteiger partial charge in [-0.2, -0.15) is 0 Å². The van der Waals surface area contributed by atoms with E-state index in [0.29, 0.717) is 5.22 Å². The predicted molar refractivity (Wildman–Crippen MR) is 79.8 cm³/mol. The lowest BCUT2D eigenvalue weighted by Crippen LogP contribution is -2.12. The van der Waals surface area contributed by atoms with Crippen LogP contribution in [0.15, 0.2) is 27.8 Å². The van der Waals surface area contributed by atoms with Gasteiger partial charge in [0.05, 0.1) is 6.04 Å². The summed E-state index contributed by atoms with van der Waals surface area (Å²) in [5, 5.41) is 12.3. The molecule has 3 rings (SSSR count). The summed E-state index contributed by atoms with van der Waals surface area (Å²) in [6.45, 7) is 5.31. The monoisotopic (exact) mass is 289 g/mol. The summed E-state index contributed by atoms with van der Waals surface area (Å²) in [6, 6.07) is 6.79. The van der Waals surface area contributed by atoms with Gasteiger partial charge in [0.15, 0.2) is 0 Å². The van der Waals surface area contributed by atoms with E-state index in [1.54, 1.807) is 11.8 Å². The fraction of sp³-hybridized carbons (Fsp3) is 0.467. The molecule has 0 bridgehead atoms. The van der Waals surface area contributed by atoms with Crippen molar-refractivity contribution in [3.05, 3.63) is 40.8 Å². The summed E-state index contributed by atoms with van der Waals surface area (Å²) in [4.78, 5) is 0. The van der Waals surface area contributed by atoms with Crippen molar-refractivity contribution in [3.8, 4) is 0 Å². The van der Waals surface area contributed by atoms with Crippen molar-refractivity contribution in [3.63, 3.8) is 0 Å². The van der Waals surface area contributed by atoms with Crippen LogP contribution in [-0.2, 0) is 5.75 Å². The molecule has 1 aromatic heterocycles. The maximum Gasteiger partial charge on any atom is 0.276 e. The Balaban J connectivity index is 1.61. The number of hydrogen-bond acceptors (Lipinski definition) is 5. The second-order valence-corrected chi connectivity index (χ2v) is 6.19.